The fraction of sp³-hybridized carbons (Fsp3) is 0.316. The molecule has 1 aromatic carbocycles. The van der Waals surface area contributed by atoms with Gasteiger partial charge >= 0.3 is 0 Å². The standard InChI is InChI=1S/C19H23N7O4S/c1-3-15(27)26-10-4-5-13(11-26)22-19-23-18(16(17(20)28)24-25-19)21-12-6-8-14(9-7-12)31(2,29)30/h3,6-9,13H,1,4-5,10-11H2,2H3,(H2,20,28)(H2,21,22,23,25)/t13-/m1/s1. The average molecular weight is 446 g/mol. The number of aromatic nitrogens is 3. The van der Waals surface area contributed by atoms with Crippen molar-refractivity contribution in [1.82, 2.24) is 20.1 Å². The van der Waals surface area contributed by atoms with Crippen LogP contribution < -0.4 is 16.4 Å². The van der Waals surface area contributed by atoms with Crippen LogP contribution in [0.3, 0.4) is 0 Å². The van der Waals surface area contributed by atoms with Gasteiger partial charge in [-0.3, -0.25) is 9.59 Å². The molecule has 0 radical (unpaired) electrons. The van der Waals surface area contributed by atoms with E-state index < -0.39 is 15.7 Å². The second-order valence-electron chi connectivity index (χ2n) is 7.09. The molecule has 1 aliphatic rings. The van der Waals surface area contributed by atoms with Crippen LogP contribution in [-0.4, -0.2) is 65.7 Å². The molecule has 0 spiro atoms. The SMILES string of the molecule is C=CC(=O)N1CCC[C@@H](Nc2nnc(C(N)=O)c(Nc3ccc(S(C)(=O)=O)cc3)n2)C1. The fourth-order valence-electron chi connectivity index (χ4n) is 3.17. The number of carbonyl (C=O) groups is 2. The van der Waals surface area contributed by atoms with Crippen molar-refractivity contribution in [2.24, 2.45) is 5.73 Å². The van der Waals surface area contributed by atoms with Crippen molar-refractivity contribution < 1.29 is 18.0 Å². The van der Waals surface area contributed by atoms with E-state index in [-0.39, 0.29) is 34.3 Å². The van der Waals surface area contributed by atoms with E-state index in [2.05, 4.69) is 32.4 Å². The second-order valence-corrected chi connectivity index (χ2v) is 9.11. The van der Waals surface area contributed by atoms with Crippen molar-refractivity contribution in [3.8, 4) is 0 Å². The quantitative estimate of drug-likeness (QED) is 0.521. The van der Waals surface area contributed by atoms with E-state index in [1.54, 1.807) is 4.90 Å². The van der Waals surface area contributed by atoms with Gasteiger partial charge in [-0.05, 0) is 43.2 Å². The lowest BCUT2D eigenvalue weighted by molar-refractivity contribution is -0.127. The Labute approximate surface area is 179 Å². The van der Waals surface area contributed by atoms with E-state index in [9.17, 15) is 18.0 Å². The normalized spacial score (nSPS) is 16.4. The van der Waals surface area contributed by atoms with Crippen LogP contribution in [0.5, 0.6) is 0 Å². The van der Waals surface area contributed by atoms with E-state index in [0.29, 0.717) is 18.8 Å². The maximum Gasteiger partial charge on any atom is 0.273 e. The minimum Gasteiger partial charge on any atom is -0.364 e. The number of amides is 2. The third kappa shape index (κ3) is 5.54. The van der Waals surface area contributed by atoms with Gasteiger partial charge in [-0.15, -0.1) is 10.2 Å². The van der Waals surface area contributed by atoms with Gasteiger partial charge in [-0.1, -0.05) is 6.58 Å². The number of rotatable bonds is 7. The summed E-state index contributed by atoms with van der Waals surface area (Å²) in [6.07, 6.45) is 4.00. The molecule has 1 fully saturated rings. The van der Waals surface area contributed by atoms with Crippen molar-refractivity contribution in [3.05, 3.63) is 42.6 Å². The number of anilines is 3. The number of piperidine rings is 1. The first-order valence-corrected chi connectivity index (χ1v) is 11.4. The Balaban J connectivity index is 1.80. The van der Waals surface area contributed by atoms with Gasteiger partial charge in [0.25, 0.3) is 5.91 Å². The number of nitrogens with two attached hydrogens (primary N) is 1. The van der Waals surface area contributed by atoms with Gasteiger partial charge in [-0.25, -0.2) is 8.42 Å². The van der Waals surface area contributed by atoms with Crippen LogP contribution in [0.4, 0.5) is 17.5 Å². The average Bonchev–Trinajstić information content (AvgIpc) is 2.73. The highest BCUT2D eigenvalue weighted by Crippen LogP contribution is 2.21. The lowest BCUT2D eigenvalue weighted by Crippen LogP contribution is -2.44. The van der Waals surface area contributed by atoms with Gasteiger partial charge < -0.3 is 21.3 Å². The lowest BCUT2D eigenvalue weighted by atomic mass is 10.1. The maximum atomic E-state index is 11.9. The number of hydrogen-bond acceptors (Lipinski definition) is 9. The molecule has 31 heavy (non-hydrogen) atoms. The maximum absolute atomic E-state index is 11.9. The summed E-state index contributed by atoms with van der Waals surface area (Å²) in [5, 5.41) is 13.8. The van der Waals surface area contributed by atoms with Gasteiger partial charge in [0.15, 0.2) is 21.3 Å². The van der Waals surface area contributed by atoms with Gasteiger partial charge in [0, 0.05) is 31.1 Å². The van der Waals surface area contributed by atoms with E-state index >= 15 is 0 Å². The summed E-state index contributed by atoms with van der Waals surface area (Å²) in [5.74, 6) is -0.721. The zero-order valence-corrected chi connectivity index (χ0v) is 17.7. The van der Waals surface area contributed by atoms with Crippen molar-refractivity contribution in [2.45, 2.75) is 23.8 Å². The fourth-order valence-corrected chi connectivity index (χ4v) is 3.80. The first-order valence-electron chi connectivity index (χ1n) is 9.47. The Morgan fingerprint density at radius 1 is 1.26 bits per heavy atom. The predicted octanol–water partition coefficient (Wildman–Crippen LogP) is 0.707. The molecular formula is C19H23N7O4S. The molecule has 2 heterocycles. The summed E-state index contributed by atoms with van der Waals surface area (Å²) >= 11 is 0. The van der Waals surface area contributed by atoms with Gasteiger partial charge in [0.1, 0.15) is 0 Å². The summed E-state index contributed by atoms with van der Waals surface area (Å²) < 4.78 is 23.2. The highest BCUT2D eigenvalue weighted by molar-refractivity contribution is 7.90. The van der Waals surface area contributed by atoms with Gasteiger partial charge in [0.2, 0.25) is 11.9 Å². The molecule has 164 valence electrons. The number of nitrogens with zero attached hydrogens (tertiary/aromatic N) is 4. The molecule has 0 unspecified atom stereocenters. The molecule has 2 aromatic rings. The molecular weight excluding hydrogens is 422 g/mol. The number of likely N-dealkylation sites (tertiary alicyclic amines) is 1. The summed E-state index contributed by atoms with van der Waals surface area (Å²) in [7, 11) is -3.33. The Morgan fingerprint density at radius 2 is 1.97 bits per heavy atom. The Kier molecular flexibility index (Phi) is 6.49. The molecule has 12 heteroatoms. The largest absolute Gasteiger partial charge is 0.364 e. The summed E-state index contributed by atoms with van der Waals surface area (Å²) in [6, 6.07) is 5.85. The van der Waals surface area contributed by atoms with Crippen LogP contribution in [0.1, 0.15) is 23.3 Å². The third-order valence-corrected chi connectivity index (χ3v) is 5.83. The second kappa shape index (κ2) is 9.08. The molecule has 11 nitrogen and oxygen atoms in total. The topological polar surface area (TPSA) is 160 Å². The van der Waals surface area contributed by atoms with Gasteiger partial charge in [-0.2, -0.15) is 4.98 Å². The minimum absolute atomic E-state index is 0.0759. The Morgan fingerprint density at radius 3 is 2.58 bits per heavy atom. The number of nitrogens with one attached hydrogen (secondary N) is 2. The first-order chi connectivity index (χ1) is 14.7. The molecule has 0 bridgehead atoms. The van der Waals surface area contributed by atoms with Crippen molar-refractivity contribution in [3.63, 3.8) is 0 Å². The van der Waals surface area contributed by atoms with Crippen LogP contribution in [0, 0.1) is 0 Å². The van der Waals surface area contributed by atoms with E-state index in [1.165, 1.54) is 30.3 Å². The minimum atomic E-state index is -3.33. The summed E-state index contributed by atoms with van der Waals surface area (Å²) in [4.78, 5) is 29.7. The Hall–Kier alpha value is -3.54. The number of hydrogen-bond donors (Lipinski definition) is 3. The molecule has 0 aliphatic carbocycles. The molecule has 1 aromatic heterocycles. The molecule has 1 aliphatic heterocycles. The van der Waals surface area contributed by atoms with E-state index in [4.69, 9.17) is 5.73 Å². The zero-order valence-electron chi connectivity index (χ0n) is 16.9. The van der Waals surface area contributed by atoms with E-state index in [0.717, 1.165) is 19.1 Å². The van der Waals surface area contributed by atoms with E-state index in [1.807, 2.05) is 0 Å². The Bertz CT molecular complexity index is 1100. The number of benzene rings is 1. The molecule has 1 atom stereocenters. The summed E-state index contributed by atoms with van der Waals surface area (Å²) in [6.45, 7) is 4.62. The van der Waals surface area contributed by atoms with Crippen LogP contribution in [0.15, 0.2) is 41.8 Å². The smallest absolute Gasteiger partial charge is 0.273 e. The zero-order chi connectivity index (χ0) is 22.6. The highest BCUT2D eigenvalue weighted by Gasteiger charge is 2.23. The number of primary amides is 1. The third-order valence-electron chi connectivity index (χ3n) is 4.71. The first kappa shape index (κ1) is 22.2. The van der Waals surface area contributed by atoms with Crippen molar-refractivity contribution >= 4 is 39.1 Å². The van der Waals surface area contributed by atoms with Crippen LogP contribution in [-0.2, 0) is 14.6 Å². The molecule has 0 saturated carbocycles. The number of carbonyl (C=O) groups excluding carboxylic acids is 2. The van der Waals surface area contributed by atoms with Crippen molar-refractivity contribution in [1.29, 1.82) is 0 Å². The van der Waals surface area contributed by atoms with Crippen molar-refractivity contribution in [2.75, 3.05) is 30.0 Å². The molecule has 3 rings (SSSR count). The molecule has 4 N–H and O–H groups in total. The number of sulfone groups is 1. The molecule has 1 saturated heterocycles. The monoisotopic (exact) mass is 445 g/mol. The van der Waals surface area contributed by atoms with Crippen LogP contribution in [0.25, 0.3) is 0 Å². The van der Waals surface area contributed by atoms with Crippen LogP contribution >= 0.6 is 0 Å². The molecule has 2 amide bonds. The predicted molar refractivity (Wildman–Crippen MR) is 115 cm³/mol. The summed E-state index contributed by atoms with van der Waals surface area (Å²) in [5.41, 5.74) is 5.70. The van der Waals surface area contributed by atoms with Gasteiger partial charge in [0.05, 0.1) is 4.90 Å². The lowest BCUT2D eigenvalue weighted by Gasteiger charge is -2.32. The van der Waals surface area contributed by atoms with Crippen LogP contribution in [0.2, 0.25) is 0 Å². The highest BCUT2D eigenvalue weighted by atomic mass is 32.2.